The molecule has 0 aliphatic heterocycles. The Morgan fingerprint density at radius 2 is 1.74 bits per heavy atom. The van der Waals surface area contributed by atoms with Gasteiger partial charge in [-0.15, -0.1) is 0 Å². The maximum Gasteiger partial charge on any atom is 0.509 e. The second-order valence-corrected chi connectivity index (χ2v) is 8.42. The van der Waals surface area contributed by atoms with E-state index in [1.54, 1.807) is 0 Å². The van der Waals surface area contributed by atoms with Crippen molar-refractivity contribution in [3.63, 3.8) is 0 Å². The normalized spacial score (nSPS) is 26.9. The molecule has 0 amide bonds. The van der Waals surface area contributed by atoms with Gasteiger partial charge in [0.15, 0.2) is 0 Å². The predicted octanol–water partition coefficient (Wildman–Crippen LogP) is 3.61. The lowest BCUT2D eigenvalue weighted by Crippen LogP contribution is -2.55. The fourth-order valence-corrected chi connectivity index (χ4v) is 6.13. The second kappa shape index (κ2) is 7.64. The molecule has 0 radical (unpaired) electrons. The van der Waals surface area contributed by atoms with E-state index in [1.165, 1.54) is 0 Å². The largest absolute Gasteiger partial charge is 0.509 e. The summed E-state index contributed by atoms with van der Waals surface area (Å²) < 4.78 is 17.8. The lowest BCUT2D eigenvalue weighted by atomic mass is 10.0. The highest BCUT2D eigenvalue weighted by Crippen LogP contribution is 2.43. The van der Waals surface area contributed by atoms with Crippen LogP contribution in [0.1, 0.15) is 34.1 Å². The monoisotopic (exact) mass is 302 g/mol. The molecule has 2 unspecified atom stereocenters. The first-order valence-corrected chi connectivity index (χ1v) is 9.27. The van der Waals surface area contributed by atoms with Crippen molar-refractivity contribution in [2.24, 2.45) is 0 Å². The lowest BCUT2D eigenvalue weighted by Gasteiger charge is -2.41. The van der Waals surface area contributed by atoms with Crippen LogP contribution in [-0.4, -0.2) is 33.4 Å². The van der Waals surface area contributed by atoms with Crippen LogP contribution in [0.4, 0.5) is 0 Å². The number of thiol groups is 1. The van der Waals surface area contributed by atoms with E-state index in [4.69, 9.17) is 25.9 Å². The third-order valence-electron chi connectivity index (χ3n) is 3.06. The molecule has 0 aromatic carbocycles. The number of hydrogen-bond acceptors (Lipinski definition) is 4. The summed E-state index contributed by atoms with van der Waals surface area (Å²) in [5, 5.41) is 0. The van der Waals surface area contributed by atoms with Crippen LogP contribution in [0, 0.1) is 0 Å². The minimum absolute atomic E-state index is 0.0415. The zero-order chi connectivity index (χ0) is 14.4. The Balaban J connectivity index is 3.04. The van der Waals surface area contributed by atoms with E-state index in [0.29, 0.717) is 19.8 Å². The van der Waals surface area contributed by atoms with Gasteiger partial charge in [-0.2, -0.15) is 12.6 Å². The Morgan fingerprint density at radius 3 is 2.21 bits per heavy atom. The fraction of sp³-hybridized carbons (Fsp3) is 0.714. The molecular formula is C14H26O3SSi. The lowest BCUT2D eigenvalue weighted by molar-refractivity contribution is 0.0593. The summed E-state index contributed by atoms with van der Waals surface area (Å²) in [7, 11) is -2.77. The molecule has 1 rings (SSSR count). The van der Waals surface area contributed by atoms with Crippen LogP contribution in [0.3, 0.4) is 0 Å². The average molecular weight is 303 g/mol. The molecular weight excluding hydrogens is 276 g/mol. The van der Waals surface area contributed by atoms with Crippen LogP contribution in [0.25, 0.3) is 0 Å². The van der Waals surface area contributed by atoms with Gasteiger partial charge in [-0.3, -0.25) is 0 Å². The average Bonchev–Trinajstić information content (AvgIpc) is 2.36. The molecule has 0 fully saturated rings. The van der Waals surface area contributed by atoms with E-state index in [1.807, 2.05) is 26.0 Å². The molecule has 0 spiro atoms. The number of hydrogen-bond donors (Lipinski definition) is 1. The van der Waals surface area contributed by atoms with Crippen molar-refractivity contribution in [2.75, 3.05) is 19.8 Å². The summed E-state index contributed by atoms with van der Waals surface area (Å²) >= 11 is 4.77. The summed E-state index contributed by atoms with van der Waals surface area (Å²) in [5.41, 5.74) is 0.0415. The molecule has 0 heterocycles. The Bertz CT molecular complexity index is 323. The minimum Gasteiger partial charge on any atom is -0.373 e. The first kappa shape index (κ1) is 17.0. The van der Waals surface area contributed by atoms with Gasteiger partial charge in [0, 0.05) is 24.6 Å². The zero-order valence-electron chi connectivity index (χ0n) is 12.4. The van der Waals surface area contributed by atoms with Crippen molar-refractivity contribution < 1.29 is 13.3 Å². The summed E-state index contributed by atoms with van der Waals surface area (Å²) in [6.07, 6.45) is 9.18. The van der Waals surface area contributed by atoms with Gasteiger partial charge in [0.2, 0.25) is 0 Å². The van der Waals surface area contributed by atoms with Crippen LogP contribution in [0.5, 0.6) is 0 Å². The van der Waals surface area contributed by atoms with Crippen molar-refractivity contribution in [2.45, 2.75) is 44.4 Å². The second-order valence-electron chi connectivity index (χ2n) is 4.77. The standard InChI is InChI=1S/C14H26O3SSi/c1-5-12-17-19(15-6-2,16-7-3)13-10-8-9-11-14(13,4)18/h8-11,13,18H,5-7,12H2,1-4H3. The first-order valence-electron chi connectivity index (χ1n) is 7.02. The van der Waals surface area contributed by atoms with Crippen molar-refractivity contribution in [3.8, 4) is 0 Å². The molecule has 19 heavy (non-hydrogen) atoms. The van der Waals surface area contributed by atoms with Gasteiger partial charge in [-0.1, -0.05) is 31.2 Å². The number of allylic oxidation sites excluding steroid dienone is 3. The smallest absolute Gasteiger partial charge is 0.373 e. The molecule has 3 nitrogen and oxygen atoms in total. The van der Waals surface area contributed by atoms with Gasteiger partial charge in [0.05, 0.1) is 5.54 Å². The van der Waals surface area contributed by atoms with E-state index < -0.39 is 8.80 Å². The van der Waals surface area contributed by atoms with Crippen LogP contribution < -0.4 is 0 Å². The molecule has 0 aromatic rings. The Hall–Kier alpha value is -0.0731. The summed E-state index contributed by atoms with van der Waals surface area (Å²) in [6, 6.07) is 0. The third-order valence-corrected chi connectivity index (χ3v) is 7.27. The van der Waals surface area contributed by atoms with Gasteiger partial charge in [-0.05, 0) is 27.2 Å². The highest BCUT2D eigenvalue weighted by Gasteiger charge is 2.54. The van der Waals surface area contributed by atoms with Crippen LogP contribution in [0.15, 0.2) is 24.3 Å². The molecule has 0 N–H and O–H groups in total. The van der Waals surface area contributed by atoms with Crippen molar-refractivity contribution in [1.82, 2.24) is 0 Å². The summed E-state index contributed by atoms with van der Waals surface area (Å²) in [6.45, 7) is 9.97. The van der Waals surface area contributed by atoms with E-state index >= 15 is 0 Å². The number of rotatable bonds is 8. The van der Waals surface area contributed by atoms with E-state index in [2.05, 4.69) is 26.0 Å². The summed E-state index contributed by atoms with van der Waals surface area (Å²) in [5.74, 6) is 0. The zero-order valence-corrected chi connectivity index (χ0v) is 14.3. The molecule has 1 aliphatic carbocycles. The molecule has 0 saturated heterocycles. The van der Waals surface area contributed by atoms with Gasteiger partial charge in [0.1, 0.15) is 0 Å². The quantitative estimate of drug-likeness (QED) is 0.548. The molecule has 0 saturated carbocycles. The molecule has 0 bridgehead atoms. The highest BCUT2D eigenvalue weighted by atomic mass is 32.1. The van der Waals surface area contributed by atoms with Crippen LogP contribution in [0.2, 0.25) is 5.54 Å². The maximum atomic E-state index is 6.10. The van der Waals surface area contributed by atoms with Crippen LogP contribution in [-0.2, 0) is 13.3 Å². The van der Waals surface area contributed by atoms with Gasteiger partial charge >= 0.3 is 8.80 Å². The SMILES string of the molecule is CCCO[Si](OCC)(OCC)C1C=CC=CC1(C)S. The highest BCUT2D eigenvalue weighted by molar-refractivity contribution is 7.82. The van der Waals surface area contributed by atoms with Crippen molar-refractivity contribution in [1.29, 1.82) is 0 Å². The molecule has 1 aliphatic rings. The van der Waals surface area contributed by atoms with Crippen molar-refractivity contribution in [3.05, 3.63) is 24.3 Å². The van der Waals surface area contributed by atoms with Crippen molar-refractivity contribution >= 4 is 21.4 Å². The Kier molecular flexibility index (Phi) is 6.83. The summed E-state index contributed by atoms with van der Waals surface area (Å²) in [4.78, 5) is 0. The molecule has 0 aromatic heterocycles. The van der Waals surface area contributed by atoms with E-state index in [-0.39, 0.29) is 10.3 Å². The molecule has 110 valence electrons. The third kappa shape index (κ3) is 4.19. The van der Waals surface area contributed by atoms with Crippen LogP contribution >= 0.6 is 12.6 Å². The van der Waals surface area contributed by atoms with Gasteiger partial charge in [0.25, 0.3) is 0 Å². The van der Waals surface area contributed by atoms with Gasteiger partial charge < -0.3 is 13.3 Å². The fourth-order valence-electron chi connectivity index (χ4n) is 2.24. The molecule has 5 heteroatoms. The molecule has 2 atom stereocenters. The Labute approximate surface area is 123 Å². The topological polar surface area (TPSA) is 27.7 Å². The maximum absolute atomic E-state index is 6.10. The minimum atomic E-state index is -2.77. The first-order chi connectivity index (χ1) is 9.02. The van der Waals surface area contributed by atoms with E-state index in [9.17, 15) is 0 Å². The Morgan fingerprint density at radius 1 is 1.11 bits per heavy atom. The van der Waals surface area contributed by atoms with Gasteiger partial charge in [-0.25, -0.2) is 0 Å². The van der Waals surface area contributed by atoms with E-state index in [0.717, 1.165) is 6.42 Å². The predicted molar refractivity (Wildman–Crippen MR) is 84.7 cm³/mol.